The summed E-state index contributed by atoms with van der Waals surface area (Å²) >= 11 is 0. The molecule has 0 atom stereocenters. The molecule has 0 unspecified atom stereocenters. The van der Waals surface area contributed by atoms with Crippen molar-refractivity contribution in [2.24, 2.45) is 0 Å². The molecule has 0 amide bonds. The van der Waals surface area contributed by atoms with Crippen LogP contribution < -0.4 is 0 Å². The van der Waals surface area contributed by atoms with E-state index in [1.165, 1.54) is 19.1 Å². The van der Waals surface area contributed by atoms with Crippen molar-refractivity contribution in [2.75, 3.05) is 14.1 Å². The van der Waals surface area contributed by atoms with E-state index in [0.717, 1.165) is 23.2 Å². The Hall–Kier alpha value is -2.79. The van der Waals surface area contributed by atoms with E-state index in [2.05, 4.69) is 4.90 Å². The predicted molar refractivity (Wildman–Crippen MR) is 100 cm³/mol. The van der Waals surface area contributed by atoms with Crippen LogP contribution in [0.5, 0.6) is 0 Å². The summed E-state index contributed by atoms with van der Waals surface area (Å²) in [6.07, 6.45) is 3.10. The summed E-state index contributed by atoms with van der Waals surface area (Å²) in [6, 6.07) is 11.0. The zero-order valence-corrected chi connectivity index (χ0v) is 14.9. The lowest BCUT2D eigenvalue weighted by atomic mass is 9.93. The second-order valence-corrected chi connectivity index (χ2v) is 6.33. The number of nitro groups is 1. The first-order chi connectivity index (χ1) is 11.8. The van der Waals surface area contributed by atoms with Crippen LogP contribution in [-0.2, 0) is 11.3 Å². The number of aryl methyl sites for hydroxylation is 1. The monoisotopic (exact) mass is 338 g/mol. The molecule has 0 aliphatic carbocycles. The van der Waals surface area contributed by atoms with Crippen LogP contribution in [0.2, 0.25) is 0 Å². The number of hydrogen-bond acceptors (Lipinski definition) is 4. The average molecular weight is 338 g/mol. The normalized spacial score (nSPS) is 11.2. The summed E-state index contributed by atoms with van der Waals surface area (Å²) in [6.45, 7) is 4.14. The molecule has 25 heavy (non-hydrogen) atoms. The van der Waals surface area contributed by atoms with Gasteiger partial charge in [0.15, 0.2) is 5.78 Å². The Bertz CT molecular complexity index is 822. The second kappa shape index (κ2) is 7.85. The molecule has 0 N–H and O–H groups in total. The Morgan fingerprint density at radius 2 is 1.80 bits per heavy atom. The molecule has 130 valence electrons. The van der Waals surface area contributed by atoms with Gasteiger partial charge in [0, 0.05) is 12.6 Å². The summed E-state index contributed by atoms with van der Waals surface area (Å²) in [5, 5.41) is 11.5. The molecule has 2 aromatic carbocycles. The molecule has 5 heteroatoms. The highest BCUT2D eigenvalue weighted by molar-refractivity contribution is 5.94. The van der Waals surface area contributed by atoms with Crippen molar-refractivity contribution in [1.29, 1.82) is 0 Å². The zero-order valence-electron chi connectivity index (χ0n) is 14.9. The minimum atomic E-state index is -0.381. The zero-order chi connectivity index (χ0) is 18.6. The number of nitro benzene ring substituents is 1. The molecule has 0 aliphatic heterocycles. The summed E-state index contributed by atoms with van der Waals surface area (Å²) in [5.74, 6) is -0.0989. The maximum atomic E-state index is 11.5. The van der Waals surface area contributed by atoms with Crippen LogP contribution >= 0.6 is 0 Å². The lowest BCUT2D eigenvalue weighted by Gasteiger charge is -2.13. The quantitative estimate of drug-likeness (QED) is 0.449. The number of nitrogens with zero attached hydrogens (tertiary/aromatic N) is 2. The lowest BCUT2D eigenvalue weighted by Crippen LogP contribution is -2.10. The topological polar surface area (TPSA) is 63.4 Å². The Kier molecular flexibility index (Phi) is 5.83. The Labute approximate surface area is 147 Å². The standard InChI is InChI=1S/C20H22N2O3/c1-14-5-12-19(22(24)25)20(18(14)11-6-15(2)23)17-9-7-16(8-10-17)13-21(3)4/h5-12H,13H2,1-4H3/b11-6-. The Balaban J connectivity index is 2.62. The van der Waals surface area contributed by atoms with Crippen molar-refractivity contribution < 1.29 is 9.72 Å². The number of allylic oxidation sites excluding steroid dienone is 1. The van der Waals surface area contributed by atoms with Crippen molar-refractivity contribution in [3.8, 4) is 11.1 Å². The highest BCUT2D eigenvalue weighted by Crippen LogP contribution is 2.36. The van der Waals surface area contributed by atoms with Gasteiger partial charge >= 0.3 is 0 Å². The molecule has 0 heterocycles. The third-order valence-corrected chi connectivity index (χ3v) is 3.86. The van der Waals surface area contributed by atoms with Gasteiger partial charge in [0.25, 0.3) is 5.69 Å². The molecule has 2 rings (SSSR count). The van der Waals surface area contributed by atoms with E-state index in [-0.39, 0.29) is 16.4 Å². The van der Waals surface area contributed by atoms with Gasteiger partial charge < -0.3 is 4.90 Å². The number of ketones is 1. The average Bonchev–Trinajstić information content (AvgIpc) is 2.53. The van der Waals surface area contributed by atoms with Gasteiger partial charge in [-0.2, -0.15) is 0 Å². The molecule has 0 fully saturated rings. The van der Waals surface area contributed by atoms with Crippen LogP contribution in [0.1, 0.15) is 23.6 Å². The van der Waals surface area contributed by atoms with Gasteiger partial charge in [-0.3, -0.25) is 14.9 Å². The summed E-state index contributed by atoms with van der Waals surface area (Å²) in [4.78, 5) is 24.5. The molecular weight excluding hydrogens is 316 g/mol. The maximum Gasteiger partial charge on any atom is 0.277 e. The maximum absolute atomic E-state index is 11.5. The first-order valence-electron chi connectivity index (χ1n) is 8.00. The molecule has 0 spiro atoms. The smallest absolute Gasteiger partial charge is 0.277 e. The minimum absolute atomic E-state index is 0.0363. The lowest BCUT2D eigenvalue weighted by molar-refractivity contribution is -0.384. The van der Waals surface area contributed by atoms with E-state index in [9.17, 15) is 14.9 Å². The first-order valence-corrected chi connectivity index (χ1v) is 8.00. The molecule has 5 nitrogen and oxygen atoms in total. The molecule has 0 radical (unpaired) electrons. The van der Waals surface area contributed by atoms with Crippen molar-refractivity contribution >= 4 is 17.5 Å². The van der Waals surface area contributed by atoms with Crippen LogP contribution in [0, 0.1) is 17.0 Å². The third kappa shape index (κ3) is 4.61. The minimum Gasteiger partial charge on any atom is -0.305 e. The molecule has 0 saturated heterocycles. The largest absolute Gasteiger partial charge is 0.305 e. The highest BCUT2D eigenvalue weighted by atomic mass is 16.6. The SMILES string of the molecule is CC(=O)/C=C\c1c(C)ccc([N+](=O)[O-])c1-c1ccc(CN(C)C)cc1. The number of hydrogen-bond donors (Lipinski definition) is 0. The van der Waals surface area contributed by atoms with E-state index in [1.807, 2.05) is 45.3 Å². The van der Waals surface area contributed by atoms with Crippen molar-refractivity contribution in [2.45, 2.75) is 20.4 Å². The fourth-order valence-corrected chi connectivity index (χ4v) is 2.73. The van der Waals surface area contributed by atoms with E-state index in [0.29, 0.717) is 11.1 Å². The number of rotatable bonds is 6. The number of carbonyl (C=O) groups is 1. The number of benzene rings is 2. The summed E-state index contributed by atoms with van der Waals surface area (Å²) < 4.78 is 0. The Morgan fingerprint density at radius 3 is 2.32 bits per heavy atom. The van der Waals surface area contributed by atoms with Crippen LogP contribution in [0.25, 0.3) is 17.2 Å². The van der Waals surface area contributed by atoms with Crippen molar-refractivity contribution in [1.82, 2.24) is 4.90 Å². The van der Waals surface area contributed by atoms with Gasteiger partial charge in [-0.1, -0.05) is 36.4 Å². The number of carbonyl (C=O) groups excluding carboxylic acids is 1. The van der Waals surface area contributed by atoms with Gasteiger partial charge in [-0.25, -0.2) is 0 Å². The fourth-order valence-electron chi connectivity index (χ4n) is 2.73. The van der Waals surface area contributed by atoms with Crippen LogP contribution in [0.15, 0.2) is 42.5 Å². The highest BCUT2D eigenvalue weighted by Gasteiger charge is 2.20. The molecule has 0 aliphatic rings. The van der Waals surface area contributed by atoms with Gasteiger partial charge in [0.1, 0.15) is 0 Å². The molecular formula is C20H22N2O3. The fraction of sp³-hybridized carbons (Fsp3) is 0.250. The molecule has 0 saturated carbocycles. The van der Waals surface area contributed by atoms with E-state index < -0.39 is 0 Å². The third-order valence-electron chi connectivity index (χ3n) is 3.86. The van der Waals surface area contributed by atoms with Gasteiger partial charge in [0.05, 0.1) is 10.5 Å². The van der Waals surface area contributed by atoms with Gasteiger partial charge in [0.2, 0.25) is 0 Å². The van der Waals surface area contributed by atoms with Crippen molar-refractivity contribution in [3.63, 3.8) is 0 Å². The predicted octanol–water partition coefficient (Wildman–Crippen LogP) is 4.23. The van der Waals surface area contributed by atoms with Crippen LogP contribution in [-0.4, -0.2) is 29.7 Å². The molecule has 0 aromatic heterocycles. The van der Waals surface area contributed by atoms with E-state index in [1.54, 1.807) is 12.1 Å². The molecule has 2 aromatic rings. The molecule has 0 bridgehead atoms. The van der Waals surface area contributed by atoms with Gasteiger partial charge in [-0.15, -0.1) is 0 Å². The Morgan fingerprint density at radius 1 is 1.16 bits per heavy atom. The summed E-state index contributed by atoms with van der Waals surface area (Å²) in [7, 11) is 3.98. The van der Waals surface area contributed by atoms with Gasteiger partial charge in [-0.05, 0) is 56.3 Å². The van der Waals surface area contributed by atoms with E-state index >= 15 is 0 Å². The summed E-state index contributed by atoms with van der Waals surface area (Å²) in [5.41, 5.74) is 4.05. The van der Waals surface area contributed by atoms with E-state index in [4.69, 9.17) is 0 Å². The first kappa shape index (κ1) is 18.5. The van der Waals surface area contributed by atoms with Crippen molar-refractivity contribution in [3.05, 3.63) is 69.3 Å². The second-order valence-electron chi connectivity index (χ2n) is 6.33. The van der Waals surface area contributed by atoms with Crippen LogP contribution in [0.3, 0.4) is 0 Å². The van der Waals surface area contributed by atoms with Crippen LogP contribution in [0.4, 0.5) is 5.69 Å².